The highest BCUT2D eigenvalue weighted by molar-refractivity contribution is 9.10. The summed E-state index contributed by atoms with van der Waals surface area (Å²) in [5.41, 5.74) is 5.96. The molecule has 29 heavy (non-hydrogen) atoms. The quantitative estimate of drug-likeness (QED) is 0.271. The van der Waals surface area contributed by atoms with Crippen LogP contribution in [0.3, 0.4) is 0 Å². The van der Waals surface area contributed by atoms with Crippen molar-refractivity contribution < 1.29 is 0 Å². The first-order valence-electron chi connectivity index (χ1n) is 9.37. The standard InChI is InChI=1S/C26H17BrN2/c1-3-16-11-12-20-24(17(16)4-2)19-8-5-6-10-23(19)29-26(20)21-13-14-22(27)18-9-7-15-28-25(18)21/h3-15H,1-2H2. The summed E-state index contributed by atoms with van der Waals surface area (Å²) in [6, 6.07) is 20.6. The fourth-order valence-electron chi connectivity index (χ4n) is 4.02. The molecule has 0 atom stereocenters. The summed E-state index contributed by atoms with van der Waals surface area (Å²) < 4.78 is 1.02. The highest BCUT2D eigenvalue weighted by Gasteiger charge is 2.16. The van der Waals surface area contributed by atoms with E-state index in [1.807, 2.05) is 36.5 Å². The van der Waals surface area contributed by atoms with Crippen LogP contribution in [-0.2, 0) is 0 Å². The van der Waals surface area contributed by atoms with E-state index < -0.39 is 0 Å². The number of fused-ring (bicyclic) bond motifs is 4. The molecule has 2 nitrogen and oxygen atoms in total. The van der Waals surface area contributed by atoms with Gasteiger partial charge in [0.2, 0.25) is 0 Å². The minimum absolute atomic E-state index is 0.925. The lowest BCUT2D eigenvalue weighted by Gasteiger charge is -2.15. The van der Waals surface area contributed by atoms with Gasteiger partial charge < -0.3 is 0 Å². The number of para-hydroxylation sites is 1. The molecule has 5 rings (SSSR count). The number of hydrogen-bond acceptors (Lipinski definition) is 2. The SMILES string of the molecule is C=Cc1ccc2c(-c3ccc(Br)c4cccnc34)nc3ccccc3c2c1C=C. The molecule has 0 spiro atoms. The van der Waals surface area contributed by atoms with E-state index in [9.17, 15) is 0 Å². The Morgan fingerprint density at radius 1 is 0.793 bits per heavy atom. The van der Waals surface area contributed by atoms with Gasteiger partial charge in [0.1, 0.15) is 0 Å². The van der Waals surface area contributed by atoms with Crippen LogP contribution >= 0.6 is 15.9 Å². The summed E-state index contributed by atoms with van der Waals surface area (Å²) in [5.74, 6) is 0. The van der Waals surface area contributed by atoms with E-state index in [1.165, 1.54) is 0 Å². The number of benzene rings is 3. The molecule has 0 amide bonds. The van der Waals surface area contributed by atoms with Crippen LogP contribution in [0.2, 0.25) is 0 Å². The second kappa shape index (κ2) is 6.94. The van der Waals surface area contributed by atoms with Gasteiger partial charge in [-0.2, -0.15) is 0 Å². The molecular formula is C26H17BrN2. The molecule has 0 aliphatic heterocycles. The summed E-state index contributed by atoms with van der Waals surface area (Å²) in [6.07, 6.45) is 5.61. The van der Waals surface area contributed by atoms with Gasteiger partial charge in [0.05, 0.1) is 16.7 Å². The zero-order valence-electron chi connectivity index (χ0n) is 15.7. The fraction of sp³-hybridized carbons (Fsp3) is 0. The Labute approximate surface area is 177 Å². The third-order valence-corrected chi connectivity index (χ3v) is 6.03. The maximum absolute atomic E-state index is 5.07. The van der Waals surface area contributed by atoms with Gasteiger partial charge in [-0.15, -0.1) is 0 Å². The highest BCUT2D eigenvalue weighted by atomic mass is 79.9. The molecule has 0 fully saturated rings. The second-order valence-electron chi connectivity index (χ2n) is 6.87. The topological polar surface area (TPSA) is 25.8 Å². The third kappa shape index (κ3) is 2.70. The first-order valence-corrected chi connectivity index (χ1v) is 10.2. The molecule has 0 unspecified atom stereocenters. The van der Waals surface area contributed by atoms with E-state index in [0.29, 0.717) is 0 Å². The van der Waals surface area contributed by atoms with Crippen LogP contribution in [-0.4, -0.2) is 9.97 Å². The predicted octanol–water partition coefficient (Wildman–Crippen LogP) is 7.65. The first kappa shape index (κ1) is 17.8. The summed E-state index contributed by atoms with van der Waals surface area (Å²) >= 11 is 3.65. The van der Waals surface area contributed by atoms with Gasteiger partial charge in [0.25, 0.3) is 0 Å². The lowest BCUT2D eigenvalue weighted by atomic mass is 9.92. The zero-order valence-corrected chi connectivity index (χ0v) is 17.3. The molecular weight excluding hydrogens is 420 g/mol. The Balaban J connectivity index is 2.02. The van der Waals surface area contributed by atoms with Gasteiger partial charge in [-0.05, 0) is 35.4 Å². The highest BCUT2D eigenvalue weighted by Crippen LogP contribution is 2.39. The summed E-state index contributed by atoms with van der Waals surface area (Å²) in [7, 11) is 0. The molecule has 0 saturated carbocycles. The Kier molecular flexibility index (Phi) is 4.26. The smallest absolute Gasteiger partial charge is 0.0810 e. The van der Waals surface area contributed by atoms with Crippen LogP contribution in [0.4, 0.5) is 0 Å². The van der Waals surface area contributed by atoms with Crippen LogP contribution < -0.4 is 0 Å². The molecule has 0 aliphatic carbocycles. The Hall–Kier alpha value is -3.30. The molecule has 0 aliphatic rings. The van der Waals surface area contributed by atoms with Crippen LogP contribution in [0.1, 0.15) is 11.1 Å². The van der Waals surface area contributed by atoms with Crippen molar-refractivity contribution in [3.8, 4) is 11.3 Å². The molecule has 5 aromatic rings. The van der Waals surface area contributed by atoms with Gasteiger partial charge >= 0.3 is 0 Å². The van der Waals surface area contributed by atoms with Crippen molar-refractivity contribution in [2.75, 3.05) is 0 Å². The number of rotatable bonds is 3. The summed E-state index contributed by atoms with van der Waals surface area (Å²) in [5, 5.41) is 4.41. The number of pyridine rings is 2. The minimum Gasteiger partial charge on any atom is -0.256 e. The van der Waals surface area contributed by atoms with E-state index in [2.05, 4.69) is 76.5 Å². The Bertz CT molecular complexity index is 1450. The molecule has 0 N–H and O–H groups in total. The van der Waals surface area contributed by atoms with E-state index >= 15 is 0 Å². The van der Waals surface area contributed by atoms with Crippen molar-refractivity contribution in [3.63, 3.8) is 0 Å². The maximum atomic E-state index is 5.07. The van der Waals surface area contributed by atoms with Crippen molar-refractivity contribution >= 4 is 60.7 Å². The van der Waals surface area contributed by atoms with E-state index in [0.717, 1.165) is 59.4 Å². The van der Waals surface area contributed by atoms with Gasteiger partial charge in [-0.3, -0.25) is 4.98 Å². The Morgan fingerprint density at radius 2 is 1.62 bits per heavy atom. The number of nitrogens with zero attached hydrogens (tertiary/aromatic N) is 2. The lowest BCUT2D eigenvalue weighted by Crippen LogP contribution is -1.95. The maximum Gasteiger partial charge on any atom is 0.0810 e. The predicted molar refractivity (Wildman–Crippen MR) is 128 cm³/mol. The van der Waals surface area contributed by atoms with Crippen molar-refractivity contribution in [2.45, 2.75) is 0 Å². The Morgan fingerprint density at radius 3 is 2.45 bits per heavy atom. The number of aromatic nitrogens is 2. The number of hydrogen-bond donors (Lipinski definition) is 0. The summed E-state index contributed by atoms with van der Waals surface area (Å²) in [6.45, 7) is 8.05. The average molecular weight is 437 g/mol. The van der Waals surface area contributed by atoms with Crippen molar-refractivity contribution in [3.05, 3.63) is 95.6 Å². The molecule has 0 bridgehead atoms. The van der Waals surface area contributed by atoms with Crippen molar-refractivity contribution in [1.82, 2.24) is 9.97 Å². The van der Waals surface area contributed by atoms with Gasteiger partial charge in [0, 0.05) is 37.8 Å². The molecule has 0 saturated heterocycles. The van der Waals surface area contributed by atoms with Crippen LogP contribution in [0, 0.1) is 0 Å². The number of halogens is 1. The van der Waals surface area contributed by atoms with Crippen LogP contribution in [0.5, 0.6) is 0 Å². The fourth-order valence-corrected chi connectivity index (χ4v) is 4.47. The largest absolute Gasteiger partial charge is 0.256 e. The van der Waals surface area contributed by atoms with Gasteiger partial charge in [-0.25, -0.2) is 4.98 Å². The van der Waals surface area contributed by atoms with Crippen LogP contribution in [0.15, 0.2) is 84.5 Å². The monoisotopic (exact) mass is 436 g/mol. The first-order chi connectivity index (χ1) is 14.2. The molecule has 0 radical (unpaired) electrons. The molecule has 138 valence electrons. The minimum atomic E-state index is 0.925. The normalized spacial score (nSPS) is 11.2. The molecule has 3 aromatic carbocycles. The molecule has 2 aromatic heterocycles. The van der Waals surface area contributed by atoms with Crippen molar-refractivity contribution in [2.24, 2.45) is 0 Å². The zero-order chi connectivity index (χ0) is 20.0. The molecule has 3 heteroatoms. The summed E-state index contributed by atoms with van der Waals surface area (Å²) in [4.78, 5) is 9.74. The van der Waals surface area contributed by atoms with Gasteiger partial charge in [-0.1, -0.05) is 77.6 Å². The van der Waals surface area contributed by atoms with Crippen molar-refractivity contribution in [1.29, 1.82) is 0 Å². The van der Waals surface area contributed by atoms with Gasteiger partial charge in [0.15, 0.2) is 0 Å². The van der Waals surface area contributed by atoms with E-state index in [1.54, 1.807) is 0 Å². The lowest BCUT2D eigenvalue weighted by molar-refractivity contribution is 1.38. The second-order valence-corrected chi connectivity index (χ2v) is 7.73. The van der Waals surface area contributed by atoms with Crippen LogP contribution in [0.25, 0.3) is 56.0 Å². The molecule has 2 heterocycles. The average Bonchev–Trinajstić information content (AvgIpc) is 2.78. The third-order valence-electron chi connectivity index (χ3n) is 5.34. The van der Waals surface area contributed by atoms with E-state index in [-0.39, 0.29) is 0 Å². The van der Waals surface area contributed by atoms with E-state index in [4.69, 9.17) is 4.98 Å².